The second-order valence-electron chi connectivity index (χ2n) is 8.26. The molecule has 1 aliphatic heterocycles. The number of rotatable bonds is 8. The minimum absolute atomic E-state index is 0.109. The van der Waals surface area contributed by atoms with E-state index in [1.807, 2.05) is 36.4 Å². The van der Waals surface area contributed by atoms with Crippen molar-refractivity contribution < 1.29 is 4.79 Å². The van der Waals surface area contributed by atoms with Crippen LogP contribution in [0.15, 0.2) is 60.7 Å². The second kappa shape index (κ2) is 9.38. The Balaban J connectivity index is 1.89. The number of nitrogens with one attached hydrogen (secondary N) is 1. The molecule has 150 valence electrons. The summed E-state index contributed by atoms with van der Waals surface area (Å²) in [6.45, 7) is 9.63. The summed E-state index contributed by atoms with van der Waals surface area (Å²) in [6, 6.07) is 20.8. The first kappa shape index (κ1) is 20.6. The highest BCUT2D eigenvalue weighted by Gasteiger charge is 2.40. The summed E-state index contributed by atoms with van der Waals surface area (Å²) in [5, 5.41) is 3.35. The van der Waals surface area contributed by atoms with Crippen molar-refractivity contribution in [3.8, 4) is 0 Å². The number of amides is 1. The minimum atomic E-state index is -0.658. The predicted octanol–water partition coefficient (Wildman–Crippen LogP) is 4.62. The molecule has 2 aromatic carbocycles. The molecule has 3 rings (SSSR count). The fourth-order valence-electron chi connectivity index (χ4n) is 4.65. The lowest BCUT2D eigenvalue weighted by Crippen LogP contribution is -2.51. The molecule has 1 amide bonds. The van der Waals surface area contributed by atoms with Crippen LogP contribution >= 0.6 is 0 Å². The van der Waals surface area contributed by atoms with Crippen LogP contribution in [0, 0.1) is 5.92 Å². The van der Waals surface area contributed by atoms with E-state index in [0.717, 1.165) is 30.6 Å². The molecule has 1 aliphatic rings. The van der Waals surface area contributed by atoms with Gasteiger partial charge in [-0.3, -0.25) is 9.69 Å². The molecule has 0 radical (unpaired) electrons. The Morgan fingerprint density at radius 1 is 0.964 bits per heavy atom. The monoisotopic (exact) mass is 378 g/mol. The van der Waals surface area contributed by atoms with Crippen molar-refractivity contribution in [2.45, 2.75) is 51.5 Å². The Kier molecular flexibility index (Phi) is 6.90. The fraction of sp³-hybridized carbons (Fsp3) is 0.480. The molecular weight excluding hydrogens is 344 g/mol. The van der Waals surface area contributed by atoms with Crippen molar-refractivity contribution in [3.05, 3.63) is 71.8 Å². The smallest absolute Gasteiger partial charge is 0.235 e. The standard InChI is InChI=1S/C25H34N2O/c1-4-25(21-13-7-5-8-14-21,22-15-9-6-10-16-22)24(28)26-19-23(20(2)3)27-17-11-12-18-27/h5-10,13-16,20,23H,4,11-12,17-19H2,1-3H3,(H,26,28). The molecule has 3 nitrogen and oxygen atoms in total. The zero-order valence-corrected chi connectivity index (χ0v) is 17.5. The number of benzene rings is 2. The third kappa shape index (κ3) is 4.15. The molecule has 1 saturated heterocycles. The van der Waals surface area contributed by atoms with Crippen molar-refractivity contribution in [1.29, 1.82) is 0 Å². The van der Waals surface area contributed by atoms with E-state index in [0.29, 0.717) is 18.5 Å². The molecule has 0 aromatic heterocycles. The van der Waals surface area contributed by atoms with Crippen LogP contribution in [0.25, 0.3) is 0 Å². The van der Waals surface area contributed by atoms with Gasteiger partial charge in [-0.1, -0.05) is 81.4 Å². The van der Waals surface area contributed by atoms with Gasteiger partial charge in [-0.25, -0.2) is 0 Å². The van der Waals surface area contributed by atoms with E-state index in [9.17, 15) is 4.79 Å². The Hall–Kier alpha value is -2.13. The van der Waals surface area contributed by atoms with Crippen molar-refractivity contribution >= 4 is 5.91 Å². The third-order valence-electron chi connectivity index (χ3n) is 6.30. The van der Waals surface area contributed by atoms with Crippen molar-refractivity contribution in [2.75, 3.05) is 19.6 Å². The van der Waals surface area contributed by atoms with Crippen LogP contribution in [-0.2, 0) is 10.2 Å². The predicted molar refractivity (Wildman–Crippen MR) is 116 cm³/mol. The van der Waals surface area contributed by atoms with Crippen molar-refractivity contribution in [3.63, 3.8) is 0 Å². The molecule has 0 bridgehead atoms. The van der Waals surface area contributed by atoms with E-state index in [2.05, 4.69) is 55.3 Å². The van der Waals surface area contributed by atoms with Crippen LogP contribution in [0.2, 0.25) is 0 Å². The maximum absolute atomic E-state index is 13.7. The fourth-order valence-corrected chi connectivity index (χ4v) is 4.65. The summed E-state index contributed by atoms with van der Waals surface area (Å²) >= 11 is 0. The zero-order valence-electron chi connectivity index (χ0n) is 17.5. The number of likely N-dealkylation sites (tertiary alicyclic amines) is 1. The lowest BCUT2D eigenvalue weighted by Gasteiger charge is -2.35. The Bertz CT molecular complexity index is 696. The highest BCUT2D eigenvalue weighted by molar-refractivity contribution is 5.92. The van der Waals surface area contributed by atoms with Crippen LogP contribution in [-0.4, -0.2) is 36.5 Å². The largest absolute Gasteiger partial charge is 0.353 e. The molecule has 1 heterocycles. The number of hydrogen-bond acceptors (Lipinski definition) is 2. The first-order valence-corrected chi connectivity index (χ1v) is 10.7. The molecule has 1 unspecified atom stereocenters. The van der Waals surface area contributed by atoms with E-state index < -0.39 is 5.41 Å². The molecule has 28 heavy (non-hydrogen) atoms. The van der Waals surface area contributed by atoms with Crippen LogP contribution < -0.4 is 5.32 Å². The Labute approximate surface area is 170 Å². The number of hydrogen-bond donors (Lipinski definition) is 1. The molecule has 0 spiro atoms. The second-order valence-corrected chi connectivity index (χ2v) is 8.26. The molecular formula is C25H34N2O. The lowest BCUT2D eigenvalue weighted by atomic mass is 9.71. The average molecular weight is 379 g/mol. The topological polar surface area (TPSA) is 32.3 Å². The maximum atomic E-state index is 13.7. The molecule has 3 heteroatoms. The number of carbonyl (C=O) groups excluding carboxylic acids is 1. The van der Waals surface area contributed by atoms with Gasteiger partial charge < -0.3 is 5.32 Å². The first-order valence-electron chi connectivity index (χ1n) is 10.7. The van der Waals surface area contributed by atoms with Crippen LogP contribution in [0.3, 0.4) is 0 Å². The van der Waals surface area contributed by atoms with Gasteiger partial charge in [-0.05, 0) is 49.4 Å². The van der Waals surface area contributed by atoms with Crippen LogP contribution in [0.5, 0.6) is 0 Å². The summed E-state index contributed by atoms with van der Waals surface area (Å²) in [6.07, 6.45) is 3.26. The molecule has 0 saturated carbocycles. The Morgan fingerprint density at radius 2 is 1.46 bits per heavy atom. The van der Waals surface area contributed by atoms with Crippen LogP contribution in [0.4, 0.5) is 0 Å². The van der Waals surface area contributed by atoms with E-state index in [-0.39, 0.29) is 5.91 Å². The van der Waals surface area contributed by atoms with E-state index in [1.165, 1.54) is 12.8 Å². The zero-order chi connectivity index (χ0) is 20.0. The normalized spacial score (nSPS) is 16.3. The van der Waals surface area contributed by atoms with Gasteiger partial charge in [0.05, 0.1) is 5.41 Å². The minimum Gasteiger partial charge on any atom is -0.353 e. The molecule has 1 fully saturated rings. The van der Waals surface area contributed by atoms with E-state index in [1.54, 1.807) is 0 Å². The highest BCUT2D eigenvalue weighted by atomic mass is 16.2. The quantitative estimate of drug-likeness (QED) is 0.727. The molecule has 2 aromatic rings. The number of carbonyl (C=O) groups is 1. The van der Waals surface area contributed by atoms with Crippen molar-refractivity contribution in [1.82, 2.24) is 10.2 Å². The van der Waals surface area contributed by atoms with Gasteiger partial charge in [-0.2, -0.15) is 0 Å². The molecule has 1 N–H and O–H groups in total. The summed E-state index contributed by atoms with van der Waals surface area (Å²) in [7, 11) is 0. The molecule has 1 atom stereocenters. The van der Waals surface area contributed by atoms with E-state index in [4.69, 9.17) is 0 Å². The van der Waals surface area contributed by atoms with Crippen LogP contribution in [0.1, 0.15) is 51.2 Å². The maximum Gasteiger partial charge on any atom is 0.235 e. The number of nitrogens with zero attached hydrogens (tertiary/aromatic N) is 1. The summed E-state index contributed by atoms with van der Waals surface area (Å²) < 4.78 is 0. The van der Waals surface area contributed by atoms with Crippen molar-refractivity contribution in [2.24, 2.45) is 5.92 Å². The van der Waals surface area contributed by atoms with Gasteiger partial charge in [0.1, 0.15) is 0 Å². The molecule has 0 aliphatic carbocycles. The van der Waals surface area contributed by atoms with Gasteiger partial charge >= 0.3 is 0 Å². The van der Waals surface area contributed by atoms with Gasteiger partial charge in [0.15, 0.2) is 0 Å². The summed E-state index contributed by atoms with van der Waals surface area (Å²) in [5.74, 6) is 0.625. The summed E-state index contributed by atoms with van der Waals surface area (Å²) in [5.41, 5.74) is 1.46. The SMILES string of the molecule is CCC(C(=O)NCC(C(C)C)N1CCCC1)(c1ccccc1)c1ccccc1. The lowest BCUT2D eigenvalue weighted by molar-refractivity contribution is -0.125. The average Bonchev–Trinajstić information content (AvgIpc) is 3.25. The summed E-state index contributed by atoms with van der Waals surface area (Å²) in [4.78, 5) is 16.3. The van der Waals surface area contributed by atoms with Gasteiger partial charge in [-0.15, -0.1) is 0 Å². The van der Waals surface area contributed by atoms with Gasteiger partial charge in [0.25, 0.3) is 0 Å². The Morgan fingerprint density at radius 3 is 1.89 bits per heavy atom. The highest BCUT2D eigenvalue weighted by Crippen LogP contribution is 2.36. The van der Waals surface area contributed by atoms with E-state index >= 15 is 0 Å². The third-order valence-corrected chi connectivity index (χ3v) is 6.30. The van der Waals surface area contributed by atoms with Gasteiger partial charge in [0, 0.05) is 12.6 Å². The first-order chi connectivity index (χ1) is 13.6. The van der Waals surface area contributed by atoms with Gasteiger partial charge in [0.2, 0.25) is 5.91 Å².